The van der Waals surface area contributed by atoms with Gasteiger partial charge in [-0.05, 0) is 30.1 Å². The predicted molar refractivity (Wildman–Crippen MR) is 109 cm³/mol. The van der Waals surface area contributed by atoms with E-state index in [-0.39, 0.29) is 0 Å². The minimum Gasteiger partial charge on any atom is -0.354 e. The Hall–Kier alpha value is -1.91. The zero-order valence-electron chi connectivity index (χ0n) is 14.5. The summed E-state index contributed by atoms with van der Waals surface area (Å²) in [5, 5.41) is 2.50. The first-order valence-corrected chi connectivity index (χ1v) is 9.67. The summed E-state index contributed by atoms with van der Waals surface area (Å²) in [6, 6.07) is 19.2. The third-order valence-corrected chi connectivity index (χ3v) is 5.51. The van der Waals surface area contributed by atoms with Gasteiger partial charge in [0.15, 0.2) is 0 Å². The van der Waals surface area contributed by atoms with Crippen LogP contribution in [-0.2, 0) is 0 Å². The average Bonchev–Trinajstić information content (AvgIpc) is 2.68. The molecule has 0 atom stereocenters. The molecular weight excluding hydrogens is 374 g/mol. The van der Waals surface area contributed by atoms with E-state index in [9.17, 15) is 0 Å². The lowest BCUT2D eigenvalue weighted by Crippen LogP contribution is -2.46. The molecule has 0 N–H and O–H groups in total. The molecule has 0 bridgehead atoms. The molecule has 1 aliphatic rings. The molecule has 0 unspecified atom stereocenters. The second kappa shape index (κ2) is 7.14. The highest BCUT2D eigenvalue weighted by Crippen LogP contribution is 2.31. The summed E-state index contributed by atoms with van der Waals surface area (Å²) in [7, 11) is 0. The second-order valence-electron chi connectivity index (χ2n) is 6.48. The van der Waals surface area contributed by atoms with Crippen molar-refractivity contribution < 1.29 is 0 Å². The molecule has 128 valence electrons. The Labute approximate surface area is 157 Å². The maximum absolute atomic E-state index is 5.07. The van der Waals surface area contributed by atoms with Crippen molar-refractivity contribution in [1.29, 1.82) is 0 Å². The van der Waals surface area contributed by atoms with Crippen molar-refractivity contribution in [3.05, 3.63) is 59.1 Å². The first-order chi connectivity index (χ1) is 12.2. The number of nitrogens with zero attached hydrogens (tertiary/aromatic N) is 3. The van der Waals surface area contributed by atoms with E-state index in [0.717, 1.165) is 54.3 Å². The molecule has 2 heterocycles. The Morgan fingerprint density at radius 2 is 1.68 bits per heavy atom. The Bertz CT molecular complexity index is 868. The van der Waals surface area contributed by atoms with Crippen molar-refractivity contribution in [2.75, 3.05) is 37.6 Å². The fourth-order valence-electron chi connectivity index (χ4n) is 3.47. The van der Waals surface area contributed by atoms with Gasteiger partial charge in [-0.15, -0.1) is 0 Å². The number of hydrogen-bond donors (Lipinski definition) is 0. The molecule has 4 heteroatoms. The van der Waals surface area contributed by atoms with Crippen molar-refractivity contribution in [3.8, 4) is 11.3 Å². The predicted octanol–water partition coefficient (Wildman–Crippen LogP) is 4.81. The zero-order chi connectivity index (χ0) is 17.2. The summed E-state index contributed by atoms with van der Waals surface area (Å²) in [4.78, 5) is 10.0. The number of pyridine rings is 1. The standard InChI is InChI=1S/C21H22BrN3/c1-2-24-11-13-25(14-12-24)21-19-6-4-3-5-17(19)15-20(23-21)16-7-9-18(22)10-8-16/h3-10,15H,2,11-14H2,1H3. The van der Waals surface area contributed by atoms with Gasteiger partial charge < -0.3 is 9.80 Å². The first kappa shape index (κ1) is 16.6. The van der Waals surface area contributed by atoms with Gasteiger partial charge in [-0.25, -0.2) is 4.98 Å². The lowest BCUT2D eigenvalue weighted by atomic mass is 10.1. The van der Waals surface area contributed by atoms with Gasteiger partial charge in [0.1, 0.15) is 5.82 Å². The van der Waals surface area contributed by atoms with Crippen LogP contribution >= 0.6 is 15.9 Å². The van der Waals surface area contributed by atoms with Gasteiger partial charge in [0.05, 0.1) is 5.69 Å². The second-order valence-corrected chi connectivity index (χ2v) is 7.40. The molecule has 0 aliphatic carbocycles. The largest absolute Gasteiger partial charge is 0.354 e. The normalized spacial score (nSPS) is 15.7. The van der Waals surface area contributed by atoms with Crippen LogP contribution < -0.4 is 4.90 Å². The van der Waals surface area contributed by atoms with E-state index >= 15 is 0 Å². The molecule has 0 amide bonds. The molecule has 0 spiro atoms. The third kappa shape index (κ3) is 3.42. The Kier molecular flexibility index (Phi) is 4.73. The zero-order valence-corrected chi connectivity index (χ0v) is 16.0. The summed E-state index contributed by atoms with van der Waals surface area (Å²) in [5.41, 5.74) is 2.20. The number of fused-ring (bicyclic) bond motifs is 1. The lowest BCUT2D eigenvalue weighted by Gasteiger charge is -2.35. The van der Waals surface area contributed by atoms with Crippen LogP contribution in [0.3, 0.4) is 0 Å². The highest BCUT2D eigenvalue weighted by molar-refractivity contribution is 9.10. The number of halogens is 1. The van der Waals surface area contributed by atoms with Gasteiger partial charge in [0.25, 0.3) is 0 Å². The summed E-state index contributed by atoms with van der Waals surface area (Å²) in [6.45, 7) is 7.64. The molecule has 3 aromatic rings. The minimum atomic E-state index is 1.04. The Morgan fingerprint density at radius 3 is 2.40 bits per heavy atom. The highest BCUT2D eigenvalue weighted by Gasteiger charge is 2.19. The monoisotopic (exact) mass is 395 g/mol. The summed E-state index contributed by atoms with van der Waals surface area (Å²) >= 11 is 3.51. The van der Waals surface area contributed by atoms with Gasteiger partial charge in [0, 0.05) is 41.6 Å². The van der Waals surface area contributed by atoms with Crippen LogP contribution in [0.25, 0.3) is 22.0 Å². The fraction of sp³-hybridized carbons (Fsp3) is 0.286. The molecule has 25 heavy (non-hydrogen) atoms. The number of benzene rings is 2. The van der Waals surface area contributed by atoms with Crippen LogP contribution in [-0.4, -0.2) is 42.6 Å². The van der Waals surface area contributed by atoms with Gasteiger partial charge in [0.2, 0.25) is 0 Å². The van der Waals surface area contributed by atoms with Gasteiger partial charge in [-0.2, -0.15) is 0 Å². The summed E-state index contributed by atoms with van der Waals surface area (Å²) < 4.78 is 1.09. The van der Waals surface area contributed by atoms with E-state index < -0.39 is 0 Å². The van der Waals surface area contributed by atoms with E-state index in [0.29, 0.717) is 0 Å². The van der Waals surface area contributed by atoms with Crippen LogP contribution in [0.15, 0.2) is 59.1 Å². The van der Waals surface area contributed by atoms with E-state index in [2.05, 4.69) is 87.3 Å². The topological polar surface area (TPSA) is 19.4 Å². The third-order valence-electron chi connectivity index (χ3n) is 4.98. The number of rotatable bonds is 3. The van der Waals surface area contributed by atoms with Crippen LogP contribution in [0.5, 0.6) is 0 Å². The Balaban J connectivity index is 1.78. The molecular formula is C21H22BrN3. The van der Waals surface area contributed by atoms with Gasteiger partial charge in [-0.3, -0.25) is 0 Å². The van der Waals surface area contributed by atoms with Gasteiger partial charge in [-0.1, -0.05) is 59.3 Å². The number of likely N-dealkylation sites (N-methyl/N-ethyl adjacent to an activating group) is 1. The summed E-state index contributed by atoms with van der Waals surface area (Å²) in [5.74, 6) is 1.12. The number of aromatic nitrogens is 1. The van der Waals surface area contributed by atoms with Crippen molar-refractivity contribution in [2.45, 2.75) is 6.92 Å². The minimum absolute atomic E-state index is 1.04. The summed E-state index contributed by atoms with van der Waals surface area (Å²) in [6.07, 6.45) is 0. The molecule has 1 aromatic heterocycles. The molecule has 2 aromatic carbocycles. The Morgan fingerprint density at radius 1 is 0.960 bits per heavy atom. The molecule has 1 aliphatic heterocycles. The van der Waals surface area contributed by atoms with Crippen LogP contribution in [0.4, 0.5) is 5.82 Å². The van der Waals surface area contributed by atoms with Gasteiger partial charge >= 0.3 is 0 Å². The van der Waals surface area contributed by atoms with Crippen molar-refractivity contribution in [1.82, 2.24) is 9.88 Å². The van der Waals surface area contributed by atoms with Crippen LogP contribution in [0.1, 0.15) is 6.92 Å². The molecule has 1 fully saturated rings. The molecule has 0 radical (unpaired) electrons. The molecule has 0 saturated carbocycles. The smallest absolute Gasteiger partial charge is 0.137 e. The van der Waals surface area contributed by atoms with Crippen molar-refractivity contribution in [2.24, 2.45) is 0 Å². The van der Waals surface area contributed by atoms with E-state index in [1.54, 1.807) is 0 Å². The molecule has 3 nitrogen and oxygen atoms in total. The quantitative estimate of drug-likeness (QED) is 0.634. The number of anilines is 1. The van der Waals surface area contributed by atoms with Crippen molar-refractivity contribution in [3.63, 3.8) is 0 Å². The molecule has 4 rings (SSSR count). The maximum Gasteiger partial charge on any atom is 0.137 e. The number of piperazine rings is 1. The highest BCUT2D eigenvalue weighted by atomic mass is 79.9. The SMILES string of the molecule is CCN1CCN(c2nc(-c3ccc(Br)cc3)cc3ccccc23)CC1. The van der Waals surface area contributed by atoms with E-state index in [1.807, 2.05) is 0 Å². The molecule has 1 saturated heterocycles. The lowest BCUT2D eigenvalue weighted by molar-refractivity contribution is 0.271. The first-order valence-electron chi connectivity index (χ1n) is 8.87. The van der Waals surface area contributed by atoms with Crippen molar-refractivity contribution >= 4 is 32.5 Å². The van der Waals surface area contributed by atoms with Crippen LogP contribution in [0.2, 0.25) is 0 Å². The van der Waals surface area contributed by atoms with E-state index in [1.165, 1.54) is 10.8 Å². The maximum atomic E-state index is 5.07. The van der Waals surface area contributed by atoms with E-state index in [4.69, 9.17) is 4.98 Å². The fourth-order valence-corrected chi connectivity index (χ4v) is 3.73. The average molecular weight is 396 g/mol. The number of hydrogen-bond acceptors (Lipinski definition) is 3. The van der Waals surface area contributed by atoms with Crippen LogP contribution in [0, 0.1) is 0 Å².